The van der Waals surface area contributed by atoms with E-state index < -0.39 is 51.1 Å². The van der Waals surface area contributed by atoms with Crippen LogP contribution in [0.3, 0.4) is 0 Å². The maximum atomic E-state index is 13.9. The number of carbonyl (C=O) groups excluding carboxylic acids is 2. The van der Waals surface area contributed by atoms with Crippen molar-refractivity contribution >= 4 is 51.1 Å². The van der Waals surface area contributed by atoms with Crippen molar-refractivity contribution in [2.24, 2.45) is 0 Å². The molecule has 3 rings (SSSR count). The molecular formula is C47H72O8Sn2. The Hall–Kier alpha value is -2.28. The van der Waals surface area contributed by atoms with Gasteiger partial charge in [0.15, 0.2) is 0 Å². The minimum absolute atomic E-state index is 0.0730. The van der Waals surface area contributed by atoms with E-state index in [1.807, 2.05) is 91.0 Å². The van der Waals surface area contributed by atoms with Crippen molar-refractivity contribution in [3.05, 3.63) is 108 Å². The Kier molecular flexibility index (Phi) is 26.4. The quantitative estimate of drug-likeness (QED) is 0.0347. The van der Waals surface area contributed by atoms with Crippen LogP contribution in [0.4, 0.5) is 9.59 Å². The molecule has 0 aliphatic rings. The van der Waals surface area contributed by atoms with Crippen LogP contribution in [-0.2, 0) is 39.9 Å². The molecule has 0 spiro atoms. The van der Waals surface area contributed by atoms with E-state index >= 15 is 0 Å². The summed E-state index contributed by atoms with van der Waals surface area (Å²) in [7, 11) is 0. The normalized spacial score (nSPS) is 12.5. The number of unbranched alkanes of at least 4 members (excludes halogenated alkanes) is 15. The van der Waals surface area contributed by atoms with Gasteiger partial charge in [0.05, 0.1) is 0 Å². The van der Waals surface area contributed by atoms with Crippen LogP contribution in [-0.4, -0.2) is 51.1 Å². The summed E-state index contributed by atoms with van der Waals surface area (Å²) in [4.78, 5) is 27.7. The molecule has 0 bridgehead atoms. The molecule has 57 heavy (non-hydrogen) atoms. The fourth-order valence-electron chi connectivity index (χ4n) is 6.90. The van der Waals surface area contributed by atoms with Crippen LogP contribution in [0.2, 0.25) is 13.3 Å². The first-order valence-electron chi connectivity index (χ1n) is 22.1. The molecule has 1 atom stereocenters. The van der Waals surface area contributed by atoms with Crippen molar-refractivity contribution < 1.29 is 29.7 Å². The van der Waals surface area contributed by atoms with Crippen LogP contribution < -0.4 is 0 Å². The summed E-state index contributed by atoms with van der Waals surface area (Å²) in [5.74, 6) is 0. The SMILES string of the molecule is CCCCCCC[CH2][Sn]([CH2]CCCCCCC)([O]C(=O)OCc1ccccc1)[O][Sn]([CH2]CCCCCCC)([O]Cc1ccccc1)[O]C(=O)OCc1ccccc1. The summed E-state index contributed by atoms with van der Waals surface area (Å²) in [6.45, 7) is 7.07. The zero-order valence-electron chi connectivity index (χ0n) is 35.4. The molecule has 1 unspecified atom stereocenters. The molecule has 0 radical (unpaired) electrons. The molecule has 10 heteroatoms. The zero-order valence-corrected chi connectivity index (χ0v) is 41.1. The average molecular weight is 1000 g/mol. The third-order valence-corrected chi connectivity index (χ3v) is 38.9. The number of hydrogen-bond donors (Lipinski definition) is 0. The summed E-state index contributed by atoms with van der Waals surface area (Å²) < 4.78 is 41.0. The van der Waals surface area contributed by atoms with Gasteiger partial charge in [0.1, 0.15) is 0 Å². The Morgan fingerprint density at radius 1 is 0.421 bits per heavy atom. The van der Waals surface area contributed by atoms with E-state index in [9.17, 15) is 9.59 Å². The molecule has 8 nitrogen and oxygen atoms in total. The van der Waals surface area contributed by atoms with Crippen LogP contribution in [0.15, 0.2) is 91.0 Å². The molecule has 0 amide bonds. The third kappa shape index (κ3) is 22.1. The van der Waals surface area contributed by atoms with Gasteiger partial charge < -0.3 is 0 Å². The molecule has 0 saturated carbocycles. The molecule has 0 aromatic heterocycles. The first-order valence-corrected chi connectivity index (χ1v) is 34.0. The second-order valence-corrected chi connectivity index (χ2v) is 35.1. The van der Waals surface area contributed by atoms with Gasteiger partial charge in [-0.25, -0.2) is 0 Å². The van der Waals surface area contributed by atoms with Crippen molar-refractivity contribution in [3.8, 4) is 0 Å². The van der Waals surface area contributed by atoms with E-state index in [1.54, 1.807) is 0 Å². The van der Waals surface area contributed by atoms with Gasteiger partial charge in [0, 0.05) is 0 Å². The summed E-state index contributed by atoms with van der Waals surface area (Å²) in [5.41, 5.74) is 2.71. The van der Waals surface area contributed by atoms with Gasteiger partial charge in [0.25, 0.3) is 0 Å². The average Bonchev–Trinajstić information content (AvgIpc) is 3.23. The molecular weight excluding hydrogens is 930 g/mol. The Labute approximate surface area is 355 Å². The number of rotatable bonds is 32. The van der Waals surface area contributed by atoms with Gasteiger partial charge >= 0.3 is 358 Å². The molecule has 0 aliphatic carbocycles. The van der Waals surface area contributed by atoms with Crippen molar-refractivity contribution in [2.45, 2.75) is 169 Å². The van der Waals surface area contributed by atoms with Crippen LogP contribution >= 0.6 is 0 Å². The van der Waals surface area contributed by atoms with E-state index in [0.717, 1.165) is 87.3 Å². The molecule has 0 heterocycles. The Morgan fingerprint density at radius 3 is 1.19 bits per heavy atom. The van der Waals surface area contributed by atoms with E-state index in [0.29, 0.717) is 13.3 Å². The van der Waals surface area contributed by atoms with E-state index in [1.165, 1.54) is 44.9 Å². The van der Waals surface area contributed by atoms with Gasteiger partial charge in [-0.15, -0.1) is 0 Å². The van der Waals surface area contributed by atoms with Crippen LogP contribution in [0, 0.1) is 0 Å². The molecule has 0 aliphatic heterocycles. The molecule has 0 saturated heterocycles. The maximum absolute atomic E-state index is 13.9. The van der Waals surface area contributed by atoms with Crippen molar-refractivity contribution in [1.29, 1.82) is 0 Å². The van der Waals surface area contributed by atoms with Crippen molar-refractivity contribution in [1.82, 2.24) is 0 Å². The molecule has 3 aromatic carbocycles. The van der Waals surface area contributed by atoms with Gasteiger partial charge in [0.2, 0.25) is 0 Å². The summed E-state index contributed by atoms with van der Waals surface area (Å²) in [5, 5.41) is 0. The van der Waals surface area contributed by atoms with E-state index in [-0.39, 0.29) is 19.8 Å². The zero-order chi connectivity index (χ0) is 40.7. The minimum atomic E-state index is -4.98. The topological polar surface area (TPSA) is 89.5 Å². The van der Waals surface area contributed by atoms with Crippen LogP contribution in [0.5, 0.6) is 0 Å². The van der Waals surface area contributed by atoms with Crippen molar-refractivity contribution in [3.63, 3.8) is 0 Å². The number of ether oxygens (including phenoxy) is 2. The molecule has 3 aromatic rings. The molecule has 316 valence electrons. The second kappa shape index (κ2) is 30.7. The number of carbonyl (C=O) groups is 2. The standard InChI is InChI=1S/2C8H8O3.3C8H17.C7H7O.O.2Sn/c2*9-8(10)11-6-7-4-2-1-3-5-7;3*1-3-5-7-8-6-4-2;8-6-7-4-2-1-3-5-7;;;/h2*1-5H,6H2,(H,9,10);3*1,3-8H2,2H3;1-5H,6H2;;;/q;;;;;-1;;+1;+2/p-2. The van der Waals surface area contributed by atoms with E-state index in [4.69, 9.17) is 20.1 Å². The third-order valence-electron chi connectivity index (χ3n) is 10.2. The fourth-order valence-corrected chi connectivity index (χ4v) is 40.9. The van der Waals surface area contributed by atoms with Gasteiger partial charge in [-0.1, -0.05) is 0 Å². The Balaban J connectivity index is 2.02. The van der Waals surface area contributed by atoms with E-state index in [2.05, 4.69) is 20.8 Å². The molecule has 0 fully saturated rings. The second-order valence-electron chi connectivity index (χ2n) is 15.3. The first kappa shape index (κ1) is 49.1. The van der Waals surface area contributed by atoms with Crippen molar-refractivity contribution in [2.75, 3.05) is 0 Å². The fraction of sp³-hybridized carbons (Fsp3) is 0.574. The Bertz CT molecular complexity index is 1430. The first-order chi connectivity index (χ1) is 27.9. The predicted molar refractivity (Wildman–Crippen MR) is 234 cm³/mol. The number of hydrogen-bond acceptors (Lipinski definition) is 8. The number of benzene rings is 3. The van der Waals surface area contributed by atoms with Gasteiger partial charge in [-0.05, 0) is 0 Å². The molecule has 0 N–H and O–H groups in total. The Morgan fingerprint density at radius 2 is 0.772 bits per heavy atom. The van der Waals surface area contributed by atoms with Gasteiger partial charge in [-0.2, -0.15) is 0 Å². The summed E-state index contributed by atoms with van der Waals surface area (Å²) in [6.07, 6.45) is 18.0. The summed E-state index contributed by atoms with van der Waals surface area (Å²) in [6, 6.07) is 29.2. The van der Waals surface area contributed by atoms with Crippen LogP contribution in [0.25, 0.3) is 0 Å². The predicted octanol–water partition coefficient (Wildman–Crippen LogP) is 14.4. The monoisotopic (exact) mass is 1000 g/mol. The van der Waals surface area contributed by atoms with Gasteiger partial charge in [-0.3, -0.25) is 0 Å². The van der Waals surface area contributed by atoms with Crippen LogP contribution in [0.1, 0.15) is 153 Å². The summed E-state index contributed by atoms with van der Waals surface area (Å²) >= 11 is -9.53.